The van der Waals surface area contributed by atoms with Crippen molar-refractivity contribution in [1.29, 1.82) is 0 Å². The molecule has 5 heteroatoms. The van der Waals surface area contributed by atoms with Crippen molar-refractivity contribution in [1.82, 2.24) is 4.90 Å². The van der Waals surface area contributed by atoms with E-state index in [1.54, 1.807) is 11.8 Å². The number of likely N-dealkylation sites (tertiary alicyclic amines) is 1. The van der Waals surface area contributed by atoms with Crippen molar-refractivity contribution in [3.63, 3.8) is 0 Å². The molecule has 110 valence electrons. The highest BCUT2D eigenvalue weighted by atomic mass is 16.5. The van der Waals surface area contributed by atoms with E-state index in [-0.39, 0.29) is 18.4 Å². The average Bonchev–Trinajstić information content (AvgIpc) is 2.74. The van der Waals surface area contributed by atoms with E-state index in [1.165, 1.54) is 0 Å². The van der Waals surface area contributed by atoms with Crippen LogP contribution in [0.2, 0.25) is 0 Å². The number of hydrogen-bond acceptors (Lipinski definition) is 3. The first kappa shape index (κ1) is 16.0. The summed E-state index contributed by atoms with van der Waals surface area (Å²) < 4.78 is 5.54. The number of carbonyl (C=O) groups excluding carboxylic acids is 1. The molecule has 19 heavy (non-hydrogen) atoms. The van der Waals surface area contributed by atoms with Crippen molar-refractivity contribution in [2.45, 2.75) is 58.6 Å². The zero-order valence-corrected chi connectivity index (χ0v) is 12.1. The van der Waals surface area contributed by atoms with Crippen LogP contribution in [-0.2, 0) is 14.3 Å². The quantitative estimate of drug-likeness (QED) is 0.768. The molecule has 1 aliphatic rings. The molecule has 0 aliphatic carbocycles. The van der Waals surface area contributed by atoms with Gasteiger partial charge in [-0.15, -0.1) is 0 Å². The maximum atomic E-state index is 12.2. The van der Waals surface area contributed by atoms with E-state index in [1.807, 2.05) is 0 Å². The van der Waals surface area contributed by atoms with Gasteiger partial charge in [-0.1, -0.05) is 13.8 Å². The fourth-order valence-corrected chi connectivity index (χ4v) is 2.32. The van der Waals surface area contributed by atoms with Gasteiger partial charge < -0.3 is 14.7 Å². The van der Waals surface area contributed by atoms with Gasteiger partial charge in [0.25, 0.3) is 5.91 Å². The number of amides is 1. The van der Waals surface area contributed by atoms with Crippen LogP contribution in [0.1, 0.15) is 46.5 Å². The lowest BCUT2D eigenvalue weighted by Crippen LogP contribution is -2.43. The van der Waals surface area contributed by atoms with Gasteiger partial charge in [0.1, 0.15) is 6.10 Å². The minimum absolute atomic E-state index is 0.0322. The molecule has 0 aromatic heterocycles. The Kier molecular flexibility index (Phi) is 6.28. The molecule has 2 atom stereocenters. The Hall–Kier alpha value is -1.10. The van der Waals surface area contributed by atoms with Crippen LogP contribution in [0, 0.1) is 5.92 Å². The molecule has 1 heterocycles. The largest absolute Gasteiger partial charge is 0.481 e. The maximum Gasteiger partial charge on any atom is 0.305 e. The van der Waals surface area contributed by atoms with E-state index in [9.17, 15) is 9.59 Å². The lowest BCUT2D eigenvalue weighted by Gasteiger charge is -2.26. The molecule has 1 N–H and O–H groups in total. The minimum Gasteiger partial charge on any atom is -0.481 e. The van der Waals surface area contributed by atoms with Gasteiger partial charge >= 0.3 is 5.97 Å². The first-order chi connectivity index (χ1) is 8.91. The van der Waals surface area contributed by atoms with Gasteiger partial charge in [-0.25, -0.2) is 0 Å². The summed E-state index contributed by atoms with van der Waals surface area (Å²) in [5.74, 6) is -0.376. The van der Waals surface area contributed by atoms with Crippen molar-refractivity contribution >= 4 is 11.9 Å². The Morgan fingerprint density at radius 3 is 2.63 bits per heavy atom. The second-order valence-electron chi connectivity index (χ2n) is 5.62. The van der Waals surface area contributed by atoms with E-state index in [4.69, 9.17) is 9.84 Å². The summed E-state index contributed by atoms with van der Waals surface area (Å²) in [6.45, 7) is 7.19. The monoisotopic (exact) mass is 271 g/mol. The van der Waals surface area contributed by atoms with E-state index >= 15 is 0 Å². The van der Waals surface area contributed by atoms with Gasteiger partial charge in [0.2, 0.25) is 0 Å². The molecule has 0 spiro atoms. The molecule has 1 aliphatic heterocycles. The SMILES string of the molecule is CC(C)CCOC(C)C(=O)N1CCCC1CC(=O)O. The zero-order chi connectivity index (χ0) is 14.4. The molecule has 2 unspecified atom stereocenters. The average molecular weight is 271 g/mol. The van der Waals surface area contributed by atoms with Gasteiger partial charge in [0.15, 0.2) is 0 Å². The summed E-state index contributed by atoms with van der Waals surface area (Å²) in [5, 5.41) is 8.85. The van der Waals surface area contributed by atoms with Crippen LogP contribution in [0.4, 0.5) is 0 Å². The predicted octanol–water partition coefficient (Wildman–Crippen LogP) is 1.90. The third-order valence-corrected chi connectivity index (χ3v) is 3.48. The Morgan fingerprint density at radius 2 is 2.05 bits per heavy atom. The molecule has 0 aromatic carbocycles. The summed E-state index contributed by atoms with van der Waals surface area (Å²) in [6, 6.07) is -0.166. The minimum atomic E-state index is -0.849. The zero-order valence-electron chi connectivity index (χ0n) is 12.1. The Labute approximate surface area is 114 Å². The van der Waals surface area contributed by atoms with Gasteiger partial charge in [-0.3, -0.25) is 9.59 Å². The van der Waals surface area contributed by atoms with Crippen LogP contribution < -0.4 is 0 Å². The molecule has 1 amide bonds. The highest BCUT2D eigenvalue weighted by molar-refractivity contribution is 5.81. The summed E-state index contributed by atoms with van der Waals surface area (Å²) in [5.41, 5.74) is 0. The Morgan fingerprint density at radius 1 is 1.37 bits per heavy atom. The van der Waals surface area contributed by atoms with E-state index < -0.39 is 12.1 Å². The normalized spacial score (nSPS) is 20.8. The molecule has 0 radical (unpaired) electrons. The fourth-order valence-electron chi connectivity index (χ4n) is 2.32. The molecule has 5 nitrogen and oxygen atoms in total. The Balaban J connectivity index is 2.44. The van der Waals surface area contributed by atoms with Crippen LogP contribution in [0.15, 0.2) is 0 Å². The van der Waals surface area contributed by atoms with Crippen molar-refractivity contribution in [2.24, 2.45) is 5.92 Å². The molecule has 1 rings (SSSR count). The number of nitrogens with zero attached hydrogens (tertiary/aromatic N) is 1. The summed E-state index contributed by atoms with van der Waals surface area (Å²) >= 11 is 0. The molecule has 0 aromatic rings. The summed E-state index contributed by atoms with van der Waals surface area (Å²) in [4.78, 5) is 24.7. The van der Waals surface area contributed by atoms with E-state index in [0.29, 0.717) is 19.1 Å². The molecular weight excluding hydrogens is 246 g/mol. The van der Waals surface area contributed by atoms with Crippen molar-refractivity contribution in [3.8, 4) is 0 Å². The number of ether oxygens (including phenoxy) is 1. The second kappa shape index (κ2) is 7.48. The van der Waals surface area contributed by atoms with Crippen LogP contribution in [0.25, 0.3) is 0 Å². The number of carbonyl (C=O) groups is 2. The predicted molar refractivity (Wildman–Crippen MR) is 71.9 cm³/mol. The van der Waals surface area contributed by atoms with Crippen LogP contribution >= 0.6 is 0 Å². The van der Waals surface area contributed by atoms with Crippen LogP contribution in [0.5, 0.6) is 0 Å². The van der Waals surface area contributed by atoms with Crippen LogP contribution in [0.3, 0.4) is 0 Å². The van der Waals surface area contributed by atoms with Crippen molar-refractivity contribution in [2.75, 3.05) is 13.2 Å². The molecule has 1 fully saturated rings. The van der Waals surface area contributed by atoms with Gasteiger partial charge in [-0.2, -0.15) is 0 Å². The van der Waals surface area contributed by atoms with Crippen molar-refractivity contribution in [3.05, 3.63) is 0 Å². The van der Waals surface area contributed by atoms with Crippen molar-refractivity contribution < 1.29 is 19.4 Å². The molecule has 0 bridgehead atoms. The molecular formula is C14H25NO4. The van der Waals surface area contributed by atoms with Gasteiger partial charge in [-0.05, 0) is 32.1 Å². The Bertz CT molecular complexity index is 317. The second-order valence-corrected chi connectivity index (χ2v) is 5.62. The van der Waals surface area contributed by atoms with Gasteiger partial charge in [0.05, 0.1) is 6.42 Å². The molecule has 1 saturated heterocycles. The molecule has 0 saturated carbocycles. The summed E-state index contributed by atoms with van der Waals surface area (Å²) in [6.07, 6.45) is 2.13. The number of aliphatic carboxylic acids is 1. The van der Waals surface area contributed by atoms with Crippen LogP contribution in [-0.4, -0.2) is 47.2 Å². The number of rotatable bonds is 7. The lowest BCUT2D eigenvalue weighted by molar-refractivity contribution is -0.145. The highest BCUT2D eigenvalue weighted by Gasteiger charge is 2.32. The summed E-state index contributed by atoms with van der Waals surface area (Å²) in [7, 11) is 0. The van der Waals surface area contributed by atoms with Gasteiger partial charge in [0, 0.05) is 19.2 Å². The maximum absolute atomic E-state index is 12.2. The van der Waals surface area contributed by atoms with E-state index in [2.05, 4.69) is 13.8 Å². The number of hydrogen-bond donors (Lipinski definition) is 1. The number of carboxylic acid groups (broad SMARTS) is 1. The van der Waals surface area contributed by atoms with E-state index in [0.717, 1.165) is 19.3 Å². The fraction of sp³-hybridized carbons (Fsp3) is 0.857. The first-order valence-corrected chi connectivity index (χ1v) is 7.05. The standard InChI is InChI=1S/C14H25NO4/c1-10(2)6-8-19-11(3)14(18)15-7-4-5-12(15)9-13(16)17/h10-12H,4-9H2,1-3H3,(H,16,17). The smallest absolute Gasteiger partial charge is 0.305 e. The lowest BCUT2D eigenvalue weighted by atomic mass is 10.1. The number of carboxylic acids is 1. The first-order valence-electron chi connectivity index (χ1n) is 7.05. The highest BCUT2D eigenvalue weighted by Crippen LogP contribution is 2.21. The topological polar surface area (TPSA) is 66.8 Å². The third-order valence-electron chi connectivity index (χ3n) is 3.48. The third kappa shape index (κ3) is 5.19.